The smallest absolute Gasteiger partial charge is 0.244 e. The van der Waals surface area contributed by atoms with Gasteiger partial charge in [-0.05, 0) is 42.9 Å². The Morgan fingerprint density at radius 1 is 1.25 bits per heavy atom. The minimum Gasteiger partial charge on any atom is -0.350 e. The largest absolute Gasteiger partial charge is 0.350 e. The highest BCUT2D eigenvalue weighted by molar-refractivity contribution is 7.10. The van der Waals surface area contributed by atoms with E-state index < -0.39 is 0 Å². The molecule has 104 valence electrons. The first-order valence-corrected chi connectivity index (χ1v) is 7.68. The first kappa shape index (κ1) is 14.5. The zero-order chi connectivity index (χ0) is 14.2. The van der Waals surface area contributed by atoms with Gasteiger partial charge >= 0.3 is 0 Å². The van der Waals surface area contributed by atoms with Crippen molar-refractivity contribution in [3.8, 4) is 0 Å². The van der Waals surface area contributed by atoms with E-state index in [0.717, 1.165) is 17.7 Å². The zero-order valence-corrected chi connectivity index (χ0v) is 12.4. The van der Waals surface area contributed by atoms with Crippen LogP contribution in [0, 0.1) is 0 Å². The Morgan fingerprint density at radius 2 is 2.05 bits per heavy atom. The van der Waals surface area contributed by atoms with E-state index in [0.29, 0.717) is 0 Å². The van der Waals surface area contributed by atoms with Crippen LogP contribution in [0.25, 0.3) is 6.08 Å². The van der Waals surface area contributed by atoms with Crippen LogP contribution in [0.2, 0.25) is 0 Å². The third-order valence-electron chi connectivity index (χ3n) is 3.04. The molecule has 0 aliphatic rings. The van der Waals surface area contributed by atoms with Crippen LogP contribution >= 0.6 is 11.3 Å². The molecule has 0 unspecified atom stereocenters. The van der Waals surface area contributed by atoms with Gasteiger partial charge in [-0.3, -0.25) is 4.79 Å². The van der Waals surface area contributed by atoms with E-state index in [4.69, 9.17) is 0 Å². The Balaban J connectivity index is 1.74. The summed E-state index contributed by atoms with van der Waals surface area (Å²) in [4.78, 5) is 12.9. The van der Waals surface area contributed by atoms with Crippen LogP contribution in [0.15, 0.2) is 53.9 Å². The lowest BCUT2D eigenvalue weighted by Crippen LogP contribution is -2.31. The maximum Gasteiger partial charge on any atom is 0.244 e. The van der Waals surface area contributed by atoms with E-state index in [1.54, 1.807) is 17.4 Å². The lowest BCUT2D eigenvalue weighted by atomic mass is 10.1. The van der Waals surface area contributed by atoms with Crippen LogP contribution in [-0.2, 0) is 11.2 Å². The standard InChI is InChI=1S/C17H19NOS/c1-14(9-10-15-6-3-2-4-7-15)18-17(19)12-11-16-8-5-13-20-16/h2-8,11-14H,9-10H2,1H3,(H,18,19)/b12-11-/t14-/m1/s1. The number of hydrogen-bond donors (Lipinski definition) is 1. The second-order valence-corrected chi connectivity index (χ2v) is 5.76. The van der Waals surface area contributed by atoms with E-state index in [1.165, 1.54) is 5.56 Å². The van der Waals surface area contributed by atoms with Crippen molar-refractivity contribution in [2.24, 2.45) is 0 Å². The van der Waals surface area contributed by atoms with Gasteiger partial charge in [-0.15, -0.1) is 11.3 Å². The van der Waals surface area contributed by atoms with Crippen molar-refractivity contribution < 1.29 is 4.79 Å². The maximum atomic E-state index is 11.8. The molecule has 2 aromatic rings. The van der Waals surface area contributed by atoms with Gasteiger partial charge in [-0.1, -0.05) is 36.4 Å². The van der Waals surface area contributed by atoms with Gasteiger partial charge < -0.3 is 5.32 Å². The minimum absolute atomic E-state index is 0.0287. The van der Waals surface area contributed by atoms with Crippen LogP contribution in [0.5, 0.6) is 0 Å². The second kappa shape index (κ2) is 7.65. The molecule has 0 radical (unpaired) electrons. The molecule has 1 atom stereocenters. The van der Waals surface area contributed by atoms with Gasteiger partial charge in [0, 0.05) is 17.0 Å². The molecule has 3 heteroatoms. The number of rotatable bonds is 6. The summed E-state index contributed by atoms with van der Waals surface area (Å²) in [6.07, 6.45) is 5.38. The number of benzene rings is 1. The monoisotopic (exact) mass is 285 g/mol. The molecule has 2 rings (SSSR count). The lowest BCUT2D eigenvalue weighted by Gasteiger charge is -2.12. The summed E-state index contributed by atoms with van der Waals surface area (Å²) in [5.74, 6) is -0.0287. The Labute approximate surface area is 124 Å². The summed E-state index contributed by atoms with van der Waals surface area (Å²) >= 11 is 1.62. The molecule has 0 spiro atoms. The van der Waals surface area contributed by atoms with Gasteiger partial charge in [0.15, 0.2) is 0 Å². The van der Waals surface area contributed by atoms with Crippen LogP contribution in [0.1, 0.15) is 23.8 Å². The molecule has 1 aromatic heterocycles. The number of hydrogen-bond acceptors (Lipinski definition) is 2. The van der Waals surface area contributed by atoms with Gasteiger partial charge in [0.2, 0.25) is 5.91 Å². The van der Waals surface area contributed by atoms with Crippen molar-refractivity contribution >= 4 is 23.3 Å². The van der Waals surface area contributed by atoms with Crippen molar-refractivity contribution in [1.82, 2.24) is 5.32 Å². The Morgan fingerprint density at radius 3 is 2.75 bits per heavy atom. The molecule has 0 fully saturated rings. The summed E-state index contributed by atoms with van der Waals surface area (Å²) in [5, 5.41) is 4.99. The average molecular weight is 285 g/mol. The molecule has 1 amide bonds. The molecule has 0 saturated heterocycles. The van der Waals surface area contributed by atoms with E-state index in [1.807, 2.05) is 48.7 Å². The molecule has 20 heavy (non-hydrogen) atoms. The van der Waals surface area contributed by atoms with Crippen LogP contribution in [0.4, 0.5) is 0 Å². The summed E-state index contributed by atoms with van der Waals surface area (Å²) < 4.78 is 0. The quantitative estimate of drug-likeness (QED) is 0.801. The summed E-state index contributed by atoms with van der Waals surface area (Å²) in [6.45, 7) is 2.04. The van der Waals surface area contributed by atoms with Crippen LogP contribution in [0.3, 0.4) is 0 Å². The van der Waals surface area contributed by atoms with Crippen molar-refractivity contribution in [3.05, 3.63) is 64.4 Å². The average Bonchev–Trinajstić information content (AvgIpc) is 2.97. The van der Waals surface area contributed by atoms with E-state index in [-0.39, 0.29) is 11.9 Å². The molecule has 1 heterocycles. The molecule has 0 aliphatic carbocycles. The molecular formula is C17H19NOS. The van der Waals surface area contributed by atoms with Crippen LogP contribution in [-0.4, -0.2) is 11.9 Å². The molecule has 0 bridgehead atoms. The molecule has 0 aliphatic heterocycles. The SMILES string of the molecule is C[C@H](CCc1ccccc1)NC(=O)/C=C\c1cccs1. The number of nitrogens with one attached hydrogen (secondary N) is 1. The lowest BCUT2D eigenvalue weighted by molar-refractivity contribution is -0.117. The first-order valence-electron chi connectivity index (χ1n) is 6.80. The van der Waals surface area contributed by atoms with Crippen molar-refractivity contribution in [3.63, 3.8) is 0 Å². The van der Waals surface area contributed by atoms with E-state index in [2.05, 4.69) is 17.4 Å². The highest BCUT2D eigenvalue weighted by Gasteiger charge is 2.05. The molecule has 2 nitrogen and oxygen atoms in total. The first-order chi connectivity index (χ1) is 9.74. The van der Waals surface area contributed by atoms with E-state index >= 15 is 0 Å². The number of carbonyl (C=O) groups excluding carboxylic acids is 1. The van der Waals surface area contributed by atoms with Gasteiger partial charge in [0.05, 0.1) is 0 Å². The predicted molar refractivity (Wildman–Crippen MR) is 85.7 cm³/mol. The highest BCUT2D eigenvalue weighted by atomic mass is 32.1. The highest BCUT2D eigenvalue weighted by Crippen LogP contribution is 2.10. The molecule has 0 saturated carbocycles. The third kappa shape index (κ3) is 5.02. The summed E-state index contributed by atoms with van der Waals surface area (Å²) in [6, 6.07) is 14.5. The van der Waals surface area contributed by atoms with Gasteiger partial charge in [0.25, 0.3) is 0 Å². The van der Waals surface area contributed by atoms with Crippen molar-refractivity contribution in [2.75, 3.05) is 0 Å². The number of thiophene rings is 1. The normalized spacial score (nSPS) is 12.4. The van der Waals surface area contributed by atoms with Gasteiger partial charge in [0.1, 0.15) is 0 Å². The third-order valence-corrected chi connectivity index (χ3v) is 3.88. The maximum absolute atomic E-state index is 11.8. The second-order valence-electron chi connectivity index (χ2n) is 4.78. The van der Waals surface area contributed by atoms with E-state index in [9.17, 15) is 4.79 Å². The summed E-state index contributed by atoms with van der Waals surface area (Å²) in [7, 11) is 0. The predicted octanol–water partition coefficient (Wildman–Crippen LogP) is 3.90. The number of aryl methyl sites for hydroxylation is 1. The van der Waals surface area contributed by atoms with Gasteiger partial charge in [-0.2, -0.15) is 0 Å². The zero-order valence-electron chi connectivity index (χ0n) is 11.6. The fourth-order valence-corrected chi connectivity index (χ4v) is 2.55. The summed E-state index contributed by atoms with van der Waals surface area (Å²) in [5.41, 5.74) is 1.31. The van der Waals surface area contributed by atoms with Gasteiger partial charge in [-0.25, -0.2) is 0 Å². The van der Waals surface area contributed by atoms with Crippen molar-refractivity contribution in [2.45, 2.75) is 25.8 Å². The van der Waals surface area contributed by atoms with Crippen LogP contribution < -0.4 is 5.32 Å². The minimum atomic E-state index is -0.0287. The fraction of sp³-hybridized carbons (Fsp3) is 0.235. The Bertz CT molecular complexity index is 546. The number of carbonyl (C=O) groups is 1. The Hall–Kier alpha value is -1.87. The fourth-order valence-electron chi connectivity index (χ4n) is 1.93. The molecular weight excluding hydrogens is 266 g/mol. The molecule has 1 aromatic carbocycles. The molecule has 1 N–H and O–H groups in total. The Kier molecular flexibility index (Phi) is 5.56. The topological polar surface area (TPSA) is 29.1 Å². The number of amides is 1. The van der Waals surface area contributed by atoms with Crippen molar-refractivity contribution in [1.29, 1.82) is 0 Å².